The molecule has 0 saturated carbocycles. The van der Waals surface area contributed by atoms with Crippen molar-refractivity contribution in [2.45, 2.75) is 26.8 Å². The fourth-order valence-corrected chi connectivity index (χ4v) is 3.21. The van der Waals surface area contributed by atoms with E-state index in [-0.39, 0.29) is 22.7 Å². The normalized spacial score (nSPS) is 12.2. The van der Waals surface area contributed by atoms with E-state index in [9.17, 15) is 10.1 Å². The van der Waals surface area contributed by atoms with Crippen LogP contribution in [0.1, 0.15) is 28.3 Å². The molecule has 2 rings (SSSR count). The van der Waals surface area contributed by atoms with Crippen molar-refractivity contribution in [1.82, 2.24) is 9.97 Å². The van der Waals surface area contributed by atoms with Crippen molar-refractivity contribution in [2.24, 2.45) is 0 Å². The number of hydrogen-bond donors (Lipinski definition) is 1. The summed E-state index contributed by atoms with van der Waals surface area (Å²) in [5, 5.41) is 13.9. The number of rotatable bonds is 4. The molecule has 2 aromatic rings. The van der Waals surface area contributed by atoms with E-state index >= 15 is 0 Å². The molecule has 1 N–H and O–H groups in total. The Hall–Kier alpha value is -1.73. The molecule has 1 unspecified atom stereocenters. The number of aryl methyl sites for hydroxylation is 2. The molecule has 20 heavy (non-hydrogen) atoms. The van der Waals surface area contributed by atoms with Gasteiger partial charge in [-0.2, -0.15) is 0 Å². The van der Waals surface area contributed by atoms with E-state index in [1.165, 1.54) is 16.1 Å². The molecule has 2 heterocycles. The van der Waals surface area contributed by atoms with Gasteiger partial charge >= 0.3 is 5.69 Å². The highest BCUT2D eigenvalue weighted by Crippen LogP contribution is 2.33. The highest BCUT2D eigenvalue weighted by molar-refractivity contribution is 7.12. The first-order chi connectivity index (χ1) is 9.40. The van der Waals surface area contributed by atoms with Gasteiger partial charge in [0.2, 0.25) is 11.0 Å². The first-order valence-electron chi connectivity index (χ1n) is 5.88. The average molecular weight is 313 g/mol. The molecule has 0 radical (unpaired) electrons. The Morgan fingerprint density at radius 1 is 1.45 bits per heavy atom. The fourth-order valence-electron chi connectivity index (χ4n) is 1.99. The minimum Gasteiger partial charge on any atom is -0.358 e. The lowest BCUT2D eigenvalue weighted by molar-refractivity contribution is -0.384. The van der Waals surface area contributed by atoms with Gasteiger partial charge in [-0.15, -0.1) is 11.3 Å². The number of halogens is 1. The highest BCUT2D eigenvalue weighted by atomic mass is 35.5. The Morgan fingerprint density at radius 2 is 2.15 bits per heavy atom. The Kier molecular flexibility index (Phi) is 4.20. The minimum absolute atomic E-state index is 0.107. The summed E-state index contributed by atoms with van der Waals surface area (Å²) >= 11 is 7.45. The van der Waals surface area contributed by atoms with E-state index in [1.807, 2.05) is 20.8 Å². The van der Waals surface area contributed by atoms with Crippen molar-refractivity contribution in [3.63, 3.8) is 0 Å². The van der Waals surface area contributed by atoms with Crippen LogP contribution in [0.4, 0.5) is 11.5 Å². The number of thiophene rings is 1. The van der Waals surface area contributed by atoms with Gasteiger partial charge in [-0.3, -0.25) is 10.1 Å². The number of nitrogens with one attached hydrogen (secondary N) is 1. The number of nitro groups is 1. The third-order valence-electron chi connectivity index (χ3n) is 2.86. The Balaban J connectivity index is 2.33. The smallest absolute Gasteiger partial charge is 0.348 e. The zero-order valence-electron chi connectivity index (χ0n) is 11.2. The molecule has 2 aromatic heterocycles. The molecule has 0 bridgehead atoms. The van der Waals surface area contributed by atoms with E-state index in [2.05, 4.69) is 21.4 Å². The summed E-state index contributed by atoms with van der Waals surface area (Å²) in [6, 6.07) is 1.95. The van der Waals surface area contributed by atoms with E-state index in [0.29, 0.717) is 0 Å². The summed E-state index contributed by atoms with van der Waals surface area (Å²) in [5.41, 5.74) is 0.794. The van der Waals surface area contributed by atoms with Crippen LogP contribution in [0.3, 0.4) is 0 Å². The lowest BCUT2D eigenvalue weighted by Gasteiger charge is -2.14. The molecule has 0 aromatic carbocycles. The van der Waals surface area contributed by atoms with E-state index in [0.717, 1.165) is 5.56 Å². The van der Waals surface area contributed by atoms with Crippen molar-refractivity contribution in [1.29, 1.82) is 0 Å². The predicted octanol–water partition coefficient (Wildman–Crippen LogP) is 3.89. The second kappa shape index (κ2) is 5.72. The van der Waals surface area contributed by atoms with Gasteiger partial charge in [-0.25, -0.2) is 9.97 Å². The van der Waals surface area contributed by atoms with Gasteiger partial charge in [-0.1, -0.05) is 11.6 Å². The van der Waals surface area contributed by atoms with Gasteiger partial charge in [-0.05, 0) is 32.4 Å². The first kappa shape index (κ1) is 14.7. The van der Waals surface area contributed by atoms with Gasteiger partial charge in [0.15, 0.2) is 0 Å². The zero-order valence-corrected chi connectivity index (χ0v) is 12.7. The molecule has 0 spiro atoms. The molecule has 1 atom stereocenters. The van der Waals surface area contributed by atoms with Crippen LogP contribution < -0.4 is 5.32 Å². The Bertz CT molecular complexity index is 659. The third-order valence-corrected chi connectivity index (χ3v) is 4.12. The minimum atomic E-state index is -0.580. The number of nitrogens with zero attached hydrogens (tertiary/aromatic N) is 3. The number of aromatic nitrogens is 2. The molecule has 0 amide bonds. The van der Waals surface area contributed by atoms with Crippen LogP contribution in [-0.2, 0) is 0 Å². The molecule has 0 saturated heterocycles. The average Bonchev–Trinajstić information content (AvgIpc) is 2.68. The highest BCUT2D eigenvalue weighted by Gasteiger charge is 2.23. The van der Waals surface area contributed by atoms with E-state index < -0.39 is 4.92 Å². The lowest BCUT2D eigenvalue weighted by Crippen LogP contribution is -2.10. The topological polar surface area (TPSA) is 81.0 Å². The summed E-state index contributed by atoms with van der Waals surface area (Å²) in [6.45, 7) is 5.97. The molecule has 8 heteroatoms. The van der Waals surface area contributed by atoms with Crippen molar-refractivity contribution in [3.05, 3.63) is 43.0 Å². The summed E-state index contributed by atoms with van der Waals surface area (Å²) in [6.07, 6.45) is 1.20. The maximum Gasteiger partial charge on any atom is 0.348 e. The van der Waals surface area contributed by atoms with Gasteiger partial charge in [0.1, 0.15) is 6.33 Å². The summed E-state index contributed by atoms with van der Waals surface area (Å²) in [5.74, 6) is 0.130. The number of hydrogen-bond acceptors (Lipinski definition) is 6. The first-order valence-corrected chi connectivity index (χ1v) is 7.08. The second-order valence-corrected chi connectivity index (χ2v) is 6.17. The van der Waals surface area contributed by atoms with E-state index in [1.54, 1.807) is 11.3 Å². The van der Waals surface area contributed by atoms with E-state index in [4.69, 9.17) is 11.6 Å². The summed E-state index contributed by atoms with van der Waals surface area (Å²) in [4.78, 5) is 20.4. The summed E-state index contributed by atoms with van der Waals surface area (Å²) in [7, 11) is 0. The quantitative estimate of drug-likeness (QED) is 0.526. The molecular formula is C12H13ClN4O2S. The van der Waals surface area contributed by atoms with Crippen molar-refractivity contribution in [3.8, 4) is 0 Å². The third kappa shape index (κ3) is 2.88. The zero-order chi connectivity index (χ0) is 14.9. The van der Waals surface area contributed by atoms with Crippen LogP contribution >= 0.6 is 22.9 Å². The van der Waals surface area contributed by atoms with Gasteiger partial charge in [0.25, 0.3) is 0 Å². The Morgan fingerprint density at radius 3 is 2.70 bits per heavy atom. The van der Waals surface area contributed by atoms with Crippen LogP contribution in [0.25, 0.3) is 0 Å². The van der Waals surface area contributed by atoms with Gasteiger partial charge < -0.3 is 5.32 Å². The monoisotopic (exact) mass is 312 g/mol. The maximum atomic E-state index is 11.0. The Labute approximate surface area is 125 Å². The SMILES string of the molecule is Cc1cc(C(C)Nc2ncnc(Cl)c2[N+](=O)[O-])c(C)s1. The number of anilines is 1. The van der Waals surface area contributed by atoms with Crippen LogP contribution in [0, 0.1) is 24.0 Å². The standard InChI is InChI=1S/C12H13ClN4O2S/c1-6-4-9(8(3)20-6)7(2)16-12-10(17(18)19)11(13)14-5-15-12/h4-5,7H,1-3H3,(H,14,15,16). The summed E-state index contributed by atoms with van der Waals surface area (Å²) < 4.78 is 0. The molecule has 0 fully saturated rings. The maximum absolute atomic E-state index is 11.0. The van der Waals surface area contributed by atoms with Gasteiger partial charge in [0, 0.05) is 9.75 Å². The van der Waals surface area contributed by atoms with Crippen molar-refractivity contribution in [2.75, 3.05) is 5.32 Å². The molecule has 0 aliphatic rings. The molecule has 0 aliphatic carbocycles. The molecule has 106 valence electrons. The van der Waals surface area contributed by atoms with Crippen molar-refractivity contribution >= 4 is 34.4 Å². The van der Waals surface area contributed by atoms with Crippen LogP contribution in [0.5, 0.6) is 0 Å². The van der Waals surface area contributed by atoms with Gasteiger partial charge in [0.05, 0.1) is 11.0 Å². The predicted molar refractivity (Wildman–Crippen MR) is 79.5 cm³/mol. The van der Waals surface area contributed by atoms with Crippen molar-refractivity contribution < 1.29 is 4.92 Å². The second-order valence-electron chi connectivity index (χ2n) is 4.35. The lowest BCUT2D eigenvalue weighted by atomic mass is 10.1. The fraction of sp³-hybridized carbons (Fsp3) is 0.333. The van der Waals surface area contributed by atoms with Crippen LogP contribution in [0.15, 0.2) is 12.4 Å². The molecular weight excluding hydrogens is 300 g/mol. The van der Waals surface area contributed by atoms with Crippen LogP contribution in [-0.4, -0.2) is 14.9 Å². The molecule has 0 aliphatic heterocycles. The van der Waals surface area contributed by atoms with Crippen LogP contribution in [0.2, 0.25) is 5.15 Å². The molecule has 6 nitrogen and oxygen atoms in total. The largest absolute Gasteiger partial charge is 0.358 e.